The van der Waals surface area contributed by atoms with E-state index in [1.807, 2.05) is 13.0 Å². The van der Waals surface area contributed by atoms with Gasteiger partial charge in [-0.3, -0.25) is 0 Å². The summed E-state index contributed by atoms with van der Waals surface area (Å²) in [6.45, 7) is 2.27. The topological polar surface area (TPSA) is 60.2 Å². The van der Waals surface area contributed by atoms with Gasteiger partial charge in [0.2, 0.25) is 9.84 Å². The lowest BCUT2D eigenvalue weighted by molar-refractivity contribution is 0.601. The normalized spacial score (nSPS) is 17.3. The highest BCUT2D eigenvalue weighted by Gasteiger charge is 2.29. The number of rotatable bonds is 2. The molecule has 15 heavy (non-hydrogen) atoms. The summed E-state index contributed by atoms with van der Waals surface area (Å²) in [6.07, 6.45) is 2.16. The molecule has 1 aliphatic rings. The Morgan fingerprint density at radius 1 is 1.33 bits per heavy atom. The second kappa shape index (κ2) is 3.47. The maximum Gasteiger partial charge on any atom is 0.203 e. The molecule has 0 atom stereocenters. The molecular weight excluding hydrogens is 210 g/mol. The zero-order valence-corrected chi connectivity index (χ0v) is 9.34. The third kappa shape index (κ3) is 1.50. The molecule has 0 saturated carbocycles. The summed E-state index contributed by atoms with van der Waals surface area (Å²) < 4.78 is 24.0. The molecule has 2 rings (SSSR count). The second-order valence-electron chi connectivity index (χ2n) is 3.64. The van der Waals surface area contributed by atoms with E-state index in [1.165, 1.54) is 0 Å². The molecule has 1 aromatic carbocycles. The number of hydrogen-bond acceptors (Lipinski definition) is 3. The van der Waals surface area contributed by atoms with Gasteiger partial charge in [-0.15, -0.1) is 0 Å². The molecule has 0 fully saturated rings. The summed E-state index contributed by atoms with van der Waals surface area (Å²) in [7, 11) is -3.25. The van der Waals surface area contributed by atoms with E-state index >= 15 is 0 Å². The lowest BCUT2D eigenvalue weighted by Gasteiger charge is -2.02. The van der Waals surface area contributed by atoms with Crippen molar-refractivity contribution in [1.82, 2.24) is 0 Å². The third-order valence-corrected chi connectivity index (χ3v) is 4.56. The number of fused-ring (bicyclic) bond motifs is 1. The fourth-order valence-electron chi connectivity index (χ4n) is 1.80. The van der Waals surface area contributed by atoms with Crippen LogP contribution < -0.4 is 5.73 Å². The average molecular weight is 223 g/mol. The lowest BCUT2D eigenvalue weighted by Crippen LogP contribution is -2.06. The van der Waals surface area contributed by atoms with E-state index in [0.29, 0.717) is 22.8 Å². The van der Waals surface area contributed by atoms with Crippen LogP contribution in [-0.4, -0.2) is 15.0 Å². The van der Waals surface area contributed by atoms with Gasteiger partial charge in [-0.1, -0.05) is 12.1 Å². The average Bonchev–Trinajstić information content (AvgIpc) is 2.43. The number of benzene rings is 1. The molecule has 0 spiro atoms. The van der Waals surface area contributed by atoms with E-state index in [4.69, 9.17) is 5.73 Å². The third-order valence-electron chi connectivity index (χ3n) is 2.61. The van der Waals surface area contributed by atoms with Crippen LogP contribution in [-0.2, 0) is 9.84 Å². The monoisotopic (exact) mass is 223 g/mol. The summed E-state index contributed by atoms with van der Waals surface area (Å²) >= 11 is 0. The molecule has 1 heterocycles. The van der Waals surface area contributed by atoms with Gasteiger partial charge in [0.1, 0.15) is 0 Å². The number of hydrogen-bond donors (Lipinski definition) is 1. The molecule has 0 saturated heterocycles. The van der Waals surface area contributed by atoms with E-state index in [1.54, 1.807) is 18.2 Å². The summed E-state index contributed by atoms with van der Waals surface area (Å²) in [6, 6.07) is 5.33. The van der Waals surface area contributed by atoms with Gasteiger partial charge in [0.15, 0.2) is 0 Å². The molecular formula is C11H13NO2S. The lowest BCUT2D eigenvalue weighted by atomic mass is 10.1. The molecule has 0 aromatic heterocycles. The van der Waals surface area contributed by atoms with Gasteiger partial charge in [-0.2, -0.15) is 0 Å². The van der Waals surface area contributed by atoms with Crippen molar-refractivity contribution in [2.24, 2.45) is 5.73 Å². The number of sulfone groups is 1. The van der Waals surface area contributed by atoms with Crippen molar-refractivity contribution < 1.29 is 8.42 Å². The first-order valence-electron chi connectivity index (χ1n) is 4.82. The Morgan fingerprint density at radius 3 is 2.67 bits per heavy atom. The van der Waals surface area contributed by atoms with E-state index in [9.17, 15) is 8.42 Å². The molecule has 0 amide bonds. The molecule has 0 radical (unpaired) electrons. The minimum absolute atomic E-state index is 0.359. The largest absolute Gasteiger partial charge is 0.330 e. The van der Waals surface area contributed by atoms with Gasteiger partial charge in [-0.25, -0.2) is 8.42 Å². The fraction of sp³-hybridized carbons (Fsp3) is 0.273. The summed E-state index contributed by atoms with van der Waals surface area (Å²) in [5.41, 5.74) is 7.21. The minimum Gasteiger partial charge on any atom is -0.330 e. The van der Waals surface area contributed by atoms with Crippen LogP contribution in [0.15, 0.2) is 28.0 Å². The molecule has 1 aliphatic heterocycles. The van der Waals surface area contributed by atoms with Gasteiger partial charge < -0.3 is 5.73 Å². The Hall–Kier alpha value is -1.13. The van der Waals surface area contributed by atoms with Gasteiger partial charge in [-0.05, 0) is 43.2 Å². The highest BCUT2D eigenvalue weighted by atomic mass is 32.2. The Bertz CT molecular complexity index is 530. The predicted molar refractivity (Wildman–Crippen MR) is 60.0 cm³/mol. The van der Waals surface area contributed by atoms with Gasteiger partial charge in [0.25, 0.3) is 0 Å². The van der Waals surface area contributed by atoms with E-state index in [0.717, 1.165) is 11.1 Å². The number of aryl methyl sites for hydroxylation is 1. The van der Waals surface area contributed by atoms with E-state index in [2.05, 4.69) is 0 Å². The van der Waals surface area contributed by atoms with Crippen LogP contribution in [0, 0.1) is 6.92 Å². The van der Waals surface area contributed by atoms with Gasteiger partial charge >= 0.3 is 0 Å². The molecule has 4 heteroatoms. The van der Waals surface area contributed by atoms with Crippen LogP contribution in [0.4, 0.5) is 0 Å². The first-order chi connectivity index (χ1) is 7.07. The Kier molecular flexibility index (Phi) is 2.40. The van der Waals surface area contributed by atoms with Crippen LogP contribution >= 0.6 is 0 Å². The number of nitrogens with two attached hydrogens (primary N) is 1. The van der Waals surface area contributed by atoms with Gasteiger partial charge in [0, 0.05) is 0 Å². The molecule has 0 bridgehead atoms. The molecule has 1 aromatic rings. The SMILES string of the molecule is Cc1cccc2c1C=C(CCN)S2(=O)=O. The van der Waals surface area contributed by atoms with E-state index < -0.39 is 9.84 Å². The summed E-state index contributed by atoms with van der Waals surface area (Å²) in [5, 5.41) is 0. The molecule has 80 valence electrons. The molecule has 3 nitrogen and oxygen atoms in total. The zero-order valence-electron chi connectivity index (χ0n) is 8.53. The van der Waals surface area contributed by atoms with Crippen molar-refractivity contribution in [1.29, 1.82) is 0 Å². The van der Waals surface area contributed by atoms with Crippen LogP contribution in [0.25, 0.3) is 6.08 Å². The zero-order chi connectivity index (χ0) is 11.1. The van der Waals surface area contributed by atoms with Crippen LogP contribution in [0.5, 0.6) is 0 Å². The van der Waals surface area contributed by atoms with Crippen molar-refractivity contribution in [2.75, 3.05) is 6.54 Å². The summed E-state index contributed by atoms with van der Waals surface area (Å²) in [5.74, 6) is 0. The van der Waals surface area contributed by atoms with Crippen LogP contribution in [0.3, 0.4) is 0 Å². The highest BCUT2D eigenvalue weighted by molar-refractivity contribution is 7.95. The maximum absolute atomic E-state index is 12.0. The van der Waals surface area contributed by atoms with Crippen molar-refractivity contribution >= 4 is 15.9 Å². The van der Waals surface area contributed by atoms with Crippen LogP contribution in [0.1, 0.15) is 17.5 Å². The van der Waals surface area contributed by atoms with Gasteiger partial charge in [0.05, 0.1) is 9.80 Å². The first-order valence-corrected chi connectivity index (χ1v) is 6.31. The quantitative estimate of drug-likeness (QED) is 0.826. The maximum atomic E-state index is 12.0. The first kappa shape index (κ1) is 10.4. The Labute approximate surface area is 89.5 Å². The second-order valence-corrected chi connectivity index (χ2v) is 5.61. The Balaban J connectivity index is 2.64. The van der Waals surface area contributed by atoms with Crippen molar-refractivity contribution in [3.05, 3.63) is 34.2 Å². The van der Waals surface area contributed by atoms with Crippen molar-refractivity contribution in [2.45, 2.75) is 18.2 Å². The van der Waals surface area contributed by atoms with Crippen LogP contribution in [0.2, 0.25) is 0 Å². The predicted octanol–water partition coefficient (Wildman–Crippen LogP) is 1.47. The molecule has 0 aliphatic carbocycles. The Morgan fingerprint density at radius 2 is 2.07 bits per heavy atom. The molecule has 2 N–H and O–H groups in total. The highest BCUT2D eigenvalue weighted by Crippen LogP contribution is 2.35. The fourth-order valence-corrected chi connectivity index (χ4v) is 3.51. The molecule has 0 unspecified atom stereocenters. The smallest absolute Gasteiger partial charge is 0.203 e. The van der Waals surface area contributed by atoms with Crippen molar-refractivity contribution in [3.63, 3.8) is 0 Å². The van der Waals surface area contributed by atoms with E-state index in [-0.39, 0.29) is 0 Å². The van der Waals surface area contributed by atoms with Crippen molar-refractivity contribution in [3.8, 4) is 0 Å². The minimum atomic E-state index is -3.25. The summed E-state index contributed by atoms with van der Waals surface area (Å²) in [4.78, 5) is 0.861. The standard InChI is InChI=1S/C11H13NO2S/c1-8-3-2-4-11-10(8)7-9(5-6-12)15(11,13)14/h2-4,7H,5-6,12H2,1H3.